The highest BCUT2D eigenvalue weighted by atomic mass is 16.5. The lowest BCUT2D eigenvalue weighted by molar-refractivity contribution is 0.112. The van der Waals surface area contributed by atoms with E-state index >= 15 is 0 Å². The summed E-state index contributed by atoms with van der Waals surface area (Å²) in [5, 5.41) is 0. The van der Waals surface area contributed by atoms with E-state index in [1.54, 1.807) is 7.11 Å². The van der Waals surface area contributed by atoms with Crippen LogP contribution in [0.4, 0.5) is 0 Å². The standard InChI is InChI=1S/C15H15NO/c1-17-15(14-10-6-3-7-11-14)16-12-13-8-4-2-5-9-13/h2-12,15H,1H3. The molecule has 1 atom stereocenters. The molecule has 0 heterocycles. The zero-order valence-electron chi connectivity index (χ0n) is 9.78. The predicted octanol–water partition coefficient (Wildman–Crippen LogP) is 3.45. The fourth-order valence-electron chi connectivity index (χ4n) is 1.59. The predicted molar refractivity (Wildman–Crippen MR) is 70.2 cm³/mol. The number of hydrogen-bond acceptors (Lipinski definition) is 2. The first-order valence-electron chi connectivity index (χ1n) is 5.56. The molecular weight excluding hydrogens is 210 g/mol. The van der Waals surface area contributed by atoms with Gasteiger partial charge in [0, 0.05) is 18.9 Å². The number of methoxy groups -OCH3 is 1. The molecule has 86 valence electrons. The molecule has 0 saturated heterocycles. The smallest absolute Gasteiger partial charge is 0.173 e. The third-order valence-electron chi connectivity index (χ3n) is 2.47. The van der Waals surface area contributed by atoms with Crippen LogP contribution in [0.5, 0.6) is 0 Å². The molecule has 0 spiro atoms. The van der Waals surface area contributed by atoms with Crippen LogP contribution in [0.1, 0.15) is 17.4 Å². The molecule has 2 aromatic carbocycles. The lowest BCUT2D eigenvalue weighted by Crippen LogP contribution is -1.98. The van der Waals surface area contributed by atoms with Crippen LogP contribution in [0.15, 0.2) is 65.7 Å². The van der Waals surface area contributed by atoms with E-state index in [0.717, 1.165) is 11.1 Å². The molecule has 2 nitrogen and oxygen atoms in total. The molecule has 0 aliphatic rings. The topological polar surface area (TPSA) is 21.6 Å². The minimum Gasteiger partial charge on any atom is -0.355 e. The summed E-state index contributed by atoms with van der Waals surface area (Å²) >= 11 is 0. The van der Waals surface area contributed by atoms with E-state index in [4.69, 9.17) is 4.74 Å². The Morgan fingerprint density at radius 1 is 0.941 bits per heavy atom. The minimum atomic E-state index is -0.239. The number of benzene rings is 2. The van der Waals surface area contributed by atoms with Gasteiger partial charge in [-0.3, -0.25) is 4.99 Å². The van der Waals surface area contributed by atoms with Gasteiger partial charge < -0.3 is 4.74 Å². The molecule has 0 aliphatic heterocycles. The van der Waals surface area contributed by atoms with Crippen molar-refractivity contribution in [3.8, 4) is 0 Å². The average Bonchev–Trinajstić information content (AvgIpc) is 2.42. The van der Waals surface area contributed by atoms with Gasteiger partial charge in [-0.2, -0.15) is 0 Å². The van der Waals surface area contributed by atoms with Crippen LogP contribution in [-0.2, 0) is 4.74 Å². The summed E-state index contributed by atoms with van der Waals surface area (Å²) in [6, 6.07) is 20.0. The van der Waals surface area contributed by atoms with Crippen LogP contribution in [-0.4, -0.2) is 13.3 Å². The van der Waals surface area contributed by atoms with E-state index in [0.29, 0.717) is 0 Å². The third kappa shape index (κ3) is 3.26. The Balaban J connectivity index is 2.14. The largest absolute Gasteiger partial charge is 0.355 e. The number of rotatable bonds is 4. The highest BCUT2D eigenvalue weighted by Gasteiger charge is 2.05. The van der Waals surface area contributed by atoms with Gasteiger partial charge in [0.25, 0.3) is 0 Å². The molecule has 0 radical (unpaired) electrons. The first-order chi connectivity index (χ1) is 8.40. The van der Waals surface area contributed by atoms with E-state index in [-0.39, 0.29) is 6.23 Å². The highest BCUT2D eigenvalue weighted by Crippen LogP contribution is 2.17. The van der Waals surface area contributed by atoms with Crippen LogP contribution in [0.3, 0.4) is 0 Å². The molecule has 0 aromatic heterocycles. The Labute approximate surface area is 102 Å². The van der Waals surface area contributed by atoms with Crippen LogP contribution >= 0.6 is 0 Å². The van der Waals surface area contributed by atoms with Gasteiger partial charge >= 0.3 is 0 Å². The molecule has 1 unspecified atom stereocenters. The lowest BCUT2D eigenvalue weighted by atomic mass is 10.2. The van der Waals surface area contributed by atoms with Crippen LogP contribution < -0.4 is 0 Å². The van der Waals surface area contributed by atoms with Gasteiger partial charge in [-0.1, -0.05) is 60.7 Å². The molecule has 17 heavy (non-hydrogen) atoms. The van der Waals surface area contributed by atoms with E-state index in [9.17, 15) is 0 Å². The second kappa shape index (κ2) is 5.97. The lowest BCUT2D eigenvalue weighted by Gasteiger charge is -2.10. The maximum Gasteiger partial charge on any atom is 0.173 e. The van der Waals surface area contributed by atoms with Gasteiger partial charge in [0.05, 0.1) is 0 Å². The van der Waals surface area contributed by atoms with Gasteiger partial charge in [0.1, 0.15) is 0 Å². The van der Waals surface area contributed by atoms with Crippen molar-refractivity contribution in [2.45, 2.75) is 6.23 Å². The molecular formula is C15H15NO. The summed E-state index contributed by atoms with van der Waals surface area (Å²) in [7, 11) is 1.67. The van der Waals surface area contributed by atoms with Crippen molar-refractivity contribution in [1.29, 1.82) is 0 Å². The van der Waals surface area contributed by atoms with Gasteiger partial charge in [-0.05, 0) is 5.56 Å². The molecule has 0 N–H and O–H groups in total. The maximum atomic E-state index is 5.36. The van der Waals surface area contributed by atoms with E-state index in [2.05, 4.69) is 4.99 Å². The summed E-state index contributed by atoms with van der Waals surface area (Å²) < 4.78 is 5.36. The molecule has 2 heteroatoms. The maximum absolute atomic E-state index is 5.36. The van der Waals surface area contributed by atoms with Crippen molar-refractivity contribution in [2.24, 2.45) is 4.99 Å². The van der Waals surface area contributed by atoms with Gasteiger partial charge in [-0.25, -0.2) is 0 Å². The Hall–Kier alpha value is -1.93. The summed E-state index contributed by atoms with van der Waals surface area (Å²) in [5.41, 5.74) is 2.13. The Bertz CT molecular complexity index is 465. The first-order valence-corrected chi connectivity index (χ1v) is 5.56. The quantitative estimate of drug-likeness (QED) is 0.730. The zero-order chi connectivity index (χ0) is 11.9. The minimum absolute atomic E-state index is 0.239. The monoisotopic (exact) mass is 225 g/mol. The molecule has 0 saturated carbocycles. The molecule has 2 aromatic rings. The number of aliphatic imine (C=N–C) groups is 1. The summed E-state index contributed by atoms with van der Waals surface area (Å²) in [5.74, 6) is 0. The molecule has 0 bridgehead atoms. The van der Waals surface area contributed by atoms with Gasteiger partial charge in [-0.15, -0.1) is 0 Å². The average molecular weight is 225 g/mol. The van der Waals surface area contributed by atoms with Crippen LogP contribution in [0.2, 0.25) is 0 Å². The Morgan fingerprint density at radius 3 is 2.12 bits per heavy atom. The second-order valence-electron chi connectivity index (χ2n) is 3.69. The summed E-state index contributed by atoms with van der Waals surface area (Å²) in [4.78, 5) is 4.44. The number of nitrogens with zero attached hydrogens (tertiary/aromatic N) is 1. The van der Waals surface area contributed by atoms with Gasteiger partial charge in [0.2, 0.25) is 0 Å². The van der Waals surface area contributed by atoms with Gasteiger partial charge in [0.15, 0.2) is 6.23 Å². The van der Waals surface area contributed by atoms with E-state index in [1.807, 2.05) is 66.9 Å². The van der Waals surface area contributed by atoms with Crippen molar-refractivity contribution >= 4 is 6.21 Å². The van der Waals surface area contributed by atoms with Crippen molar-refractivity contribution in [2.75, 3.05) is 7.11 Å². The summed E-state index contributed by atoms with van der Waals surface area (Å²) in [6.45, 7) is 0. The number of ether oxygens (including phenoxy) is 1. The molecule has 2 rings (SSSR count). The van der Waals surface area contributed by atoms with Crippen molar-refractivity contribution in [3.05, 3.63) is 71.8 Å². The van der Waals surface area contributed by atoms with E-state index in [1.165, 1.54) is 0 Å². The Morgan fingerprint density at radius 2 is 1.53 bits per heavy atom. The second-order valence-corrected chi connectivity index (χ2v) is 3.69. The first kappa shape index (κ1) is 11.6. The molecule has 0 aliphatic carbocycles. The fraction of sp³-hybridized carbons (Fsp3) is 0.133. The summed E-state index contributed by atoms with van der Waals surface area (Å²) in [6.07, 6.45) is 1.60. The van der Waals surface area contributed by atoms with E-state index < -0.39 is 0 Å². The SMILES string of the molecule is COC(N=Cc1ccccc1)c1ccccc1. The van der Waals surface area contributed by atoms with Crippen molar-refractivity contribution < 1.29 is 4.74 Å². The Kier molecular flexibility index (Phi) is 4.05. The molecule has 0 amide bonds. The fourth-order valence-corrected chi connectivity index (χ4v) is 1.59. The van der Waals surface area contributed by atoms with Crippen LogP contribution in [0, 0.1) is 0 Å². The highest BCUT2D eigenvalue weighted by molar-refractivity contribution is 5.79. The van der Waals surface area contributed by atoms with Crippen LogP contribution in [0.25, 0.3) is 0 Å². The van der Waals surface area contributed by atoms with Crippen molar-refractivity contribution in [3.63, 3.8) is 0 Å². The van der Waals surface area contributed by atoms with Crippen molar-refractivity contribution in [1.82, 2.24) is 0 Å². The number of hydrogen-bond donors (Lipinski definition) is 0. The zero-order valence-corrected chi connectivity index (χ0v) is 9.78. The molecule has 0 fully saturated rings. The normalized spacial score (nSPS) is 12.8. The third-order valence-corrected chi connectivity index (χ3v) is 2.47.